The average molecular weight is 281 g/mol. The highest BCUT2D eigenvalue weighted by atomic mass is 16.4. The van der Waals surface area contributed by atoms with Gasteiger partial charge in [-0.1, -0.05) is 26.2 Å². The molecule has 1 N–H and O–H groups in total. The second-order valence-corrected chi connectivity index (χ2v) is 6.67. The molecule has 1 unspecified atom stereocenters. The Balaban J connectivity index is 1.96. The van der Waals surface area contributed by atoms with E-state index in [2.05, 4.69) is 6.92 Å². The standard InChI is InChI=1S/C16H27NO3/c1-3-11-8-13(14(9-11)16(19)20)15(18)17(2)10-12-6-4-5-7-12/h11-14H,3-10H2,1-2H3,(H,19,20)/t11?,13-,14+/m0/s1. The Bertz CT molecular complexity index is 363. The zero-order valence-corrected chi connectivity index (χ0v) is 12.7. The summed E-state index contributed by atoms with van der Waals surface area (Å²) in [6.45, 7) is 2.89. The summed E-state index contributed by atoms with van der Waals surface area (Å²) in [7, 11) is 1.85. The lowest BCUT2D eigenvalue weighted by Crippen LogP contribution is -2.39. The van der Waals surface area contributed by atoms with Gasteiger partial charge in [0.2, 0.25) is 5.91 Å². The molecule has 4 heteroatoms. The molecular weight excluding hydrogens is 254 g/mol. The molecular formula is C16H27NO3. The number of aliphatic carboxylic acids is 1. The predicted octanol–water partition coefficient (Wildman–Crippen LogP) is 2.77. The highest BCUT2D eigenvalue weighted by Gasteiger charge is 2.43. The van der Waals surface area contributed by atoms with E-state index in [9.17, 15) is 14.7 Å². The Morgan fingerprint density at radius 2 is 1.70 bits per heavy atom. The number of carbonyl (C=O) groups excluding carboxylic acids is 1. The molecule has 0 saturated heterocycles. The lowest BCUT2D eigenvalue weighted by Gasteiger charge is -2.26. The smallest absolute Gasteiger partial charge is 0.307 e. The van der Waals surface area contributed by atoms with Crippen LogP contribution in [0.3, 0.4) is 0 Å². The number of amides is 1. The summed E-state index contributed by atoms with van der Waals surface area (Å²) < 4.78 is 0. The lowest BCUT2D eigenvalue weighted by molar-refractivity contribution is -0.148. The number of carbonyl (C=O) groups is 2. The fourth-order valence-corrected chi connectivity index (χ4v) is 3.98. The van der Waals surface area contributed by atoms with E-state index >= 15 is 0 Å². The van der Waals surface area contributed by atoms with Gasteiger partial charge in [0.15, 0.2) is 0 Å². The molecule has 2 saturated carbocycles. The van der Waals surface area contributed by atoms with Crippen molar-refractivity contribution in [1.29, 1.82) is 0 Å². The normalized spacial score (nSPS) is 30.6. The van der Waals surface area contributed by atoms with Gasteiger partial charge in [-0.2, -0.15) is 0 Å². The van der Waals surface area contributed by atoms with Crippen molar-refractivity contribution in [3.63, 3.8) is 0 Å². The van der Waals surface area contributed by atoms with Crippen LogP contribution in [0.4, 0.5) is 0 Å². The summed E-state index contributed by atoms with van der Waals surface area (Å²) in [5.74, 6) is -0.503. The maximum absolute atomic E-state index is 12.6. The van der Waals surface area contributed by atoms with Gasteiger partial charge in [0.25, 0.3) is 0 Å². The topological polar surface area (TPSA) is 57.6 Å². The molecule has 2 rings (SSSR count). The van der Waals surface area contributed by atoms with E-state index in [1.807, 2.05) is 7.05 Å². The van der Waals surface area contributed by atoms with Gasteiger partial charge >= 0.3 is 5.97 Å². The van der Waals surface area contributed by atoms with E-state index in [0.717, 1.165) is 19.4 Å². The molecule has 0 aromatic carbocycles. The summed E-state index contributed by atoms with van der Waals surface area (Å²) in [6, 6.07) is 0. The summed E-state index contributed by atoms with van der Waals surface area (Å²) >= 11 is 0. The van der Waals surface area contributed by atoms with Crippen LogP contribution in [0.25, 0.3) is 0 Å². The van der Waals surface area contributed by atoms with Gasteiger partial charge in [-0.05, 0) is 37.5 Å². The van der Waals surface area contributed by atoms with Crippen LogP contribution in [0.1, 0.15) is 51.9 Å². The largest absolute Gasteiger partial charge is 0.481 e. The number of rotatable bonds is 5. The highest BCUT2D eigenvalue weighted by Crippen LogP contribution is 2.39. The molecule has 3 atom stereocenters. The number of hydrogen-bond acceptors (Lipinski definition) is 2. The molecule has 2 aliphatic rings. The Morgan fingerprint density at radius 1 is 1.10 bits per heavy atom. The van der Waals surface area contributed by atoms with Crippen LogP contribution in [-0.2, 0) is 9.59 Å². The maximum Gasteiger partial charge on any atom is 0.307 e. The minimum atomic E-state index is -0.798. The van der Waals surface area contributed by atoms with Gasteiger partial charge in [-0.3, -0.25) is 9.59 Å². The number of nitrogens with zero attached hydrogens (tertiary/aromatic N) is 1. The van der Waals surface area contributed by atoms with Gasteiger partial charge < -0.3 is 10.0 Å². The fraction of sp³-hybridized carbons (Fsp3) is 0.875. The van der Waals surface area contributed by atoms with Crippen LogP contribution >= 0.6 is 0 Å². The van der Waals surface area contributed by atoms with Crippen molar-refractivity contribution in [2.24, 2.45) is 23.7 Å². The molecule has 4 nitrogen and oxygen atoms in total. The summed E-state index contributed by atoms with van der Waals surface area (Å²) in [4.78, 5) is 25.7. The highest BCUT2D eigenvalue weighted by molar-refractivity contribution is 5.85. The molecule has 0 radical (unpaired) electrons. The van der Waals surface area contributed by atoms with E-state index in [4.69, 9.17) is 0 Å². The molecule has 0 spiro atoms. The molecule has 0 heterocycles. The number of carboxylic acids is 1. The summed E-state index contributed by atoms with van der Waals surface area (Å²) in [5, 5.41) is 9.34. The van der Waals surface area contributed by atoms with Crippen LogP contribution in [0.5, 0.6) is 0 Å². The Hall–Kier alpha value is -1.06. The van der Waals surface area contributed by atoms with Crippen molar-refractivity contribution >= 4 is 11.9 Å². The maximum atomic E-state index is 12.6. The van der Waals surface area contributed by atoms with Crippen molar-refractivity contribution in [3.05, 3.63) is 0 Å². The molecule has 0 aromatic heterocycles. The molecule has 2 fully saturated rings. The number of carboxylic acid groups (broad SMARTS) is 1. The molecule has 2 aliphatic carbocycles. The van der Waals surface area contributed by atoms with Gasteiger partial charge in [0.05, 0.1) is 11.8 Å². The van der Waals surface area contributed by atoms with E-state index in [-0.39, 0.29) is 11.8 Å². The minimum absolute atomic E-state index is 0.0558. The molecule has 0 bridgehead atoms. The third-order valence-corrected chi connectivity index (χ3v) is 5.26. The van der Waals surface area contributed by atoms with E-state index in [0.29, 0.717) is 18.3 Å². The third kappa shape index (κ3) is 3.33. The Morgan fingerprint density at radius 3 is 2.25 bits per heavy atom. The van der Waals surface area contributed by atoms with Gasteiger partial charge in [0.1, 0.15) is 0 Å². The summed E-state index contributed by atoms with van der Waals surface area (Å²) in [6.07, 6.45) is 7.35. The molecule has 20 heavy (non-hydrogen) atoms. The van der Waals surface area contributed by atoms with Crippen molar-refractivity contribution in [1.82, 2.24) is 4.90 Å². The first-order valence-electron chi connectivity index (χ1n) is 8.00. The second-order valence-electron chi connectivity index (χ2n) is 6.67. The van der Waals surface area contributed by atoms with Gasteiger partial charge in [-0.25, -0.2) is 0 Å². The average Bonchev–Trinajstić information content (AvgIpc) is 3.06. The SMILES string of the molecule is CCC1C[C@H](C(=O)N(C)CC2CCCC2)[C@H](C(=O)O)C1. The van der Waals surface area contributed by atoms with Crippen LogP contribution < -0.4 is 0 Å². The fourth-order valence-electron chi connectivity index (χ4n) is 3.98. The van der Waals surface area contributed by atoms with Crippen LogP contribution in [0, 0.1) is 23.7 Å². The van der Waals surface area contributed by atoms with Crippen molar-refractivity contribution < 1.29 is 14.7 Å². The van der Waals surface area contributed by atoms with Crippen molar-refractivity contribution in [3.8, 4) is 0 Å². The first kappa shape index (κ1) is 15.3. The van der Waals surface area contributed by atoms with E-state index in [1.165, 1.54) is 25.7 Å². The van der Waals surface area contributed by atoms with Crippen LogP contribution in [0.2, 0.25) is 0 Å². The molecule has 114 valence electrons. The lowest BCUT2D eigenvalue weighted by atomic mass is 9.94. The van der Waals surface area contributed by atoms with E-state index in [1.54, 1.807) is 4.90 Å². The molecule has 0 aliphatic heterocycles. The van der Waals surface area contributed by atoms with Crippen LogP contribution in [-0.4, -0.2) is 35.5 Å². The zero-order valence-electron chi connectivity index (χ0n) is 12.7. The first-order valence-corrected chi connectivity index (χ1v) is 8.00. The van der Waals surface area contributed by atoms with Crippen LogP contribution in [0.15, 0.2) is 0 Å². The van der Waals surface area contributed by atoms with Gasteiger partial charge in [-0.15, -0.1) is 0 Å². The van der Waals surface area contributed by atoms with E-state index < -0.39 is 11.9 Å². The second kappa shape index (κ2) is 6.59. The number of hydrogen-bond donors (Lipinski definition) is 1. The quantitative estimate of drug-likeness (QED) is 0.843. The predicted molar refractivity (Wildman–Crippen MR) is 77.2 cm³/mol. The Kier molecular flexibility index (Phi) is 5.06. The monoisotopic (exact) mass is 281 g/mol. The minimum Gasteiger partial charge on any atom is -0.481 e. The summed E-state index contributed by atoms with van der Waals surface area (Å²) in [5.41, 5.74) is 0. The Labute approximate surface area is 121 Å². The molecule has 1 amide bonds. The first-order chi connectivity index (χ1) is 9.52. The van der Waals surface area contributed by atoms with Gasteiger partial charge in [0, 0.05) is 13.6 Å². The third-order valence-electron chi connectivity index (χ3n) is 5.26. The van der Waals surface area contributed by atoms with Crippen molar-refractivity contribution in [2.45, 2.75) is 51.9 Å². The van der Waals surface area contributed by atoms with Crippen molar-refractivity contribution in [2.75, 3.05) is 13.6 Å². The zero-order chi connectivity index (χ0) is 14.7. The molecule has 0 aromatic rings.